The zero-order chi connectivity index (χ0) is 14.5. The Morgan fingerprint density at radius 2 is 1.90 bits per heavy atom. The maximum atomic E-state index is 10.5. The molecule has 1 aromatic rings. The van der Waals surface area contributed by atoms with Crippen molar-refractivity contribution in [3.05, 3.63) is 17.0 Å². The van der Waals surface area contributed by atoms with Gasteiger partial charge in [-0.2, -0.15) is 0 Å². The molecule has 0 amide bonds. The van der Waals surface area contributed by atoms with E-state index >= 15 is 0 Å². The molecule has 2 heterocycles. The van der Waals surface area contributed by atoms with Crippen molar-refractivity contribution in [3.8, 4) is 0 Å². The first-order valence-corrected chi connectivity index (χ1v) is 7.14. The van der Waals surface area contributed by atoms with Crippen LogP contribution in [0.3, 0.4) is 0 Å². The van der Waals surface area contributed by atoms with Gasteiger partial charge in [-0.1, -0.05) is 5.16 Å². The van der Waals surface area contributed by atoms with Crippen LogP contribution in [0.4, 0.5) is 0 Å². The molecule has 6 heteroatoms. The lowest BCUT2D eigenvalue weighted by atomic mass is 10.1. The van der Waals surface area contributed by atoms with Gasteiger partial charge in [0.15, 0.2) is 0 Å². The van der Waals surface area contributed by atoms with Crippen LogP contribution >= 0.6 is 0 Å². The molecule has 112 valence electrons. The average molecular weight is 281 g/mol. The second-order valence-corrected chi connectivity index (χ2v) is 5.42. The molecule has 1 aromatic heterocycles. The molecule has 1 fully saturated rings. The van der Waals surface area contributed by atoms with Gasteiger partial charge in [0.25, 0.3) is 0 Å². The fourth-order valence-electron chi connectivity index (χ4n) is 2.58. The smallest absolute Gasteiger partial charge is 0.303 e. The number of aryl methyl sites for hydroxylation is 2. The quantitative estimate of drug-likeness (QED) is 0.847. The lowest BCUT2D eigenvalue weighted by Gasteiger charge is -2.34. The first-order valence-electron chi connectivity index (χ1n) is 7.14. The minimum Gasteiger partial charge on any atom is -0.481 e. The van der Waals surface area contributed by atoms with Gasteiger partial charge in [-0.3, -0.25) is 9.69 Å². The van der Waals surface area contributed by atoms with Crippen LogP contribution in [0.15, 0.2) is 4.52 Å². The summed E-state index contributed by atoms with van der Waals surface area (Å²) in [5, 5.41) is 12.6. The van der Waals surface area contributed by atoms with Crippen LogP contribution in [-0.2, 0) is 11.3 Å². The Hall–Kier alpha value is -1.40. The van der Waals surface area contributed by atoms with Gasteiger partial charge in [-0.05, 0) is 26.8 Å². The van der Waals surface area contributed by atoms with E-state index in [2.05, 4.69) is 15.0 Å². The third-order valence-corrected chi connectivity index (χ3v) is 3.89. The number of nitrogens with zero attached hydrogens (tertiary/aromatic N) is 3. The third kappa shape index (κ3) is 4.05. The van der Waals surface area contributed by atoms with Gasteiger partial charge < -0.3 is 14.5 Å². The molecule has 6 nitrogen and oxygen atoms in total. The van der Waals surface area contributed by atoms with Gasteiger partial charge in [0.05, 0.1) is 5.69 Å². The molecule has 0 bridgehead atoms. The summed E-state index contributed by atoms with van der Waals surface area (Å²) in [5.74, 6) is 0.202. The molecule has 1 aliphatic heterocycles. The fourth-order valence-corrected chi connectivity index (χ4v) is 2.58. The molecule has 1 saturated heterocycles. The Labute approximate surface area is 119 Å². The zero-order valence-electron chi connectivity index (χ0n) is 12.3. The van der Waals surface area contributed by atoms with Crippen LogP contribution in [0, 0.1) is 13.8 Å². The predicted molar refractivity (Wildman–Crippen MR) is 74.6 cm³/mol. The maximum Gasteiger partial charge on any atom is 0.303 e. The number of rotatable bonds is 6. The van der Waals surface area contributed by atoms with Gasteiger partial charge >= 0.3 is 5.97 Å². The SMILES string of the molecule is Cc1noc(C)c1CN1CCN(CCCC(=O)O)CC1. The number of carbonyl (C=O) groups is 1. The molecule has 1 aliphatic rings. The molecule has 20 heavy (non-hydrogen) atoms. The summed E-state index contributed by atoms with van der Waals surface area (Å²) in [6.45, 7) is 9.74. The highest BCUT2D eigenvalue weighted by atomic mass is 16.5. The molecule has 0 unspecified atom stereocenters. The number of hydrogen-bond acceptors (Lipinski definition) is 5. The van der Waals surface area contributed by atoms with E-state index in [4.69, 9.17) is 9.63 Å². The van der Waals surface area contributed by atoms with Gasteiger partial charge in [0, 0.05) is 44.7 Å². The number of piperazine rings is 1. The molecular formula is C14H23N3O3. The van der Waals surface area contributed by atoms with Crippen molar-refractivity contribution >= 4 is 5.97 Å². The standard InChI is InChI=1S/C14H23N3O3/c1-11-13(12(2)20-15-11)10-17-8-6-16(7-9-17)5-3-4-14(18)19/h3-10H2,1-2H3,(H,18,19). The molecule has 0 aromatic carbocycles. The predicted octanol–water partition coefficient (Wildman–Crippen LogP) is 1.27. The van der Waals surface area contributed by atoms with E-state index < -0.39 is 5.97 Å². The van der Waals surface area contributed by atoms with Crippen molar-refractivity contribution in [1.29, 1.82) is 0 Å². The highest BCUT2D eigenvalue weighted by Crippen LogP contribution is 2.16. The summed E-state index contributed by atoms with van der Waals surface area (Å²) < 4.78 is 5.19. The van der Waals surface area contributed by atoms with E-state index in [0.29, 0.717) is 0 Å². The summed E-state index contributed by atoms with van der Waals surface area (Å²) in [7, 11) is 0. The second kappa shape index (κ2) is 6.85. The Kier molecular flexibility index (Phi) is 5.14. The maximum absolute atomic E-state index is 10.5. The normalized spacial score (nSPS) is 17.5. The van der Waals surface area contributed by atoms with Crippen LogP contribution < -0.4 is 0 Å². The van der Waals surface area contributed by atoms with Crippen molar-refractivity contribution in [2.45, 2.75) is 33.2 Å². The van der Waals surface area contributed by atoms with Crippen LogP contribution in [0.2, 0.25) is 0 Å². The summed E-state index contributed by atoms with van der Waals surface area (Å²) in [6, 6.07) is 0. The fraction of sp³-hybridized carbons (Fsp3) is 0.714. The Morgan fingerprint density at radius 3 is 2.45 bits per heavy atom. The molecule has 1 N–H and O–H groups in total. The van der Waals surface area contributed by atoms with E-state index in [9.17, 15) is 4.79 Å². The van der Waals surface area contributed by atoms with Gasteiger partial charge in [-0.15, -0.1) is 0 Å². The molecule has 0 saturated carbocycles. The molecule has 0 aliphatic carbocycles. The molecule has 0 atom stereocenters. The molecule has 0 spiro atoms. The van der Waals surface area contributed by atoms with E-state index in [1.165, 1.54) is 5.56 Å². The van der Waals surface area contributed by atoms with Gasteiger partial charge in [-0.25, -0.2) is 0 Å². The number of hydrogen-bond donors (Lipinski definition) is 1. The van der Waals surface area contributed by atoms with Crippen LogP contribution in [0.25, 0.3) is 0 Å². The minimum atomic E-state index is -0.706. The van der Waals surface area contributed by atoms with Crippen molar-refractivity contribution in [2.75, 3.05) is 32.7 Å². The molecular weight excluding hydrogens is 258 g/mol. The Balaban J connectivity index is 1.73. The summed E-state index contributed by atoms with van der Waals surface area (Å²) in [6.07, 6.45) is 0.999. The van der Waals surface area contributed by atoms with E-state index in [1.807, 2.05) is 13.8 Å². The Morgan fingerprint density at radius 1 is 1.25 bits per heavy atom. The number of carboxylic acid groups (broad SMARTS) is 1. The van der Waals surface area contributed by atoms with Crippen molar-refractivity contribution in [1.82, 2.24) is 15.0 Å². The van der Waals surface area contributed by atoms with Crippen molar-refractivity contribution < 1.29 is 14.4 Å². The largest absolute Gasteiger partial charge is 0.481 e. The average Bonchev–Trinajstić information content (AvgIpc) is 2.72. The van der Waals surface area contributed by atoms with Gasteiger partial charge in [0.1, 0.15) is 5.76 Å². The van der Waals surface area contributed by atoms with E-state index in [-0.39, 0.29) is 6.42 Å². The summed E-state index contributed by atoms with van der Waals surface area (Å²) >= 11 is 0. The zero-order valence-corrected chi connectivity index (χ0v) is 12.3. The highest BCUT2D eigenvalue weighted by molar-refractivity contribution is 5.66. The lowest BCUT2D eigenvalue weighted by molar-refractivity contribution is -0.137. The molecule has 2 rings (SSSR count). The third-order valence-electron chi connectivity index (χ3n) is 3.89. The first kappa shape index (κ1) is 15.0. The number of carboxylic acids is 1. The summed E-state index contributed by atoms with van der Waals surface area (Å²) in [4.78, 5) is 15.2. The van der Waals surface area contributed by atoms with Crippen LogP contribution in [0.5, 0.6) is 0 Å². The van der Waals surface area contributed by atoms with Gasteiger partial charge in [0.2, 0.25) is 0 Å². The lowest BCUT2D eigenvalue weighted by Crippen LogP contribution is -2.46. The highest BCUT2D eigenvalue weighted by Gasteiger charge is 2.19. The number of aromatic nitrogens is 1. The van der Waals surface area contributed by atoms with Crippen LogP contribution in [0.1, 0.15) is 29.9 Å². The van der Waals surface area contributed by atoms with E-state index in [1.54, 1.807) is 0 Å². The Bertz CT molecular complexity index is 431. The minimum absolute atomic E-state index is 0.263. The first-order chi connectivity index (χ1) is 9.56. The topological polar surface area (TPSA) is 69.8 Å². The summed E-state index contributed by atoms with van der Waals surface area (Å²) in [5.41, 5.74) is 2.18. The van der Waals surface area contributed by atoms with Crippen molar-refractivity contribution in [2.24, 2.45) is 0 Å². The van der Waals surface area contributed by atoms with E-state index in [0.717, 1.165) is 57.1 Å². The monoisotopic (exact) mass is 281 g/mol. The van der Waals surface area contributed by atoms with Crippen molar-refractivity contribution in [3.63, 3.8) is 0 Å². The molecule has 0 radical (unpaired) electrons. The van der Waals surface area contributed by atoms with Crippen LogP contribution in [-0.4, -0.2) is 58.8 Å². The number of aliphatic carboxylic acids is 1. The second-order valence-electron chi connectivity index (χ2n) is 5.42.